The largest absolute Gasteiger partial charge is 0.364 e. The molecule has 1 aromatic heterocycles. The van der Waals surface area contributed by atoms with Crippen LogP contribution in [0.25, 0.3) is 0 Å². The van der Waals surface area contributed by atoms with E-state index in [0.29, 0.717) is 6.54 Å². The third-order valence-electron chi connectivity index (χ3n) is 2.59. The molecule has 1 rings (SSSR count). The zero-order valence-corrected chi connectivity index (χ0v) is 12.0. The average Bonchev–Trinajstić information content (AvgIpc) is 2.43. The van der Waals surface area contributed by atoms with E-state index < -0.39 is 4.92 Å². The Labute approximate surface area is 121 Å². The molecule has 0 aromatic carbocycles. The highest BCUT2D eigenvalue weighted by atomic mass is 16.6. The van der Waals surface area contributed by atoms with E-state index in [1.165, 1.54) is 6.92 Å². The van der Waals surface area contributed by atoms with Crippen molar-refractivity contribution in [3.05, 3.63) is 15.8 Å². The number of nitrogen functional groups attached to an aromatic ring is 1. The zero-order valence-electron chi connectivity index (χ0n) is 12.0. The van der Waals surface area contributed by atoms with Crippen LogP contribution in [0.3, 0.4) is 0 Å². The minimum Gasteiger partial charge on any atom is -0.364 e. The van der Waals surface area contributed by atoms with Gasteiger partial charge in [-0.1, -0.05) is 6.92 Å². The van der Waals surface area contributed by atoms with Crippen LogP contribution in [0.1, 0.15) is 25.5 Å². The lowest BCUT2D eigenvalue weighted by Gasteiger charge is -2.09. The van der Waals surface area contributed by atoms with Crippen LogP contribution in [0, 0.1) is 17.0 Å². The van der Waals surface area contributed by atoms with Gasteiger partial charge in [-0.05, 0) is 13.3 Å². The van der Waals surface area contributed by atoms with Crippen LogP contribution in [0.4, 0.5) is 17.5 Å². The Morgan fingerprint density at radius 1 is 1.38 bits per heavy atom. The summed E-state index contributed by atoms with van der Waals surface area (Å²) < 4.78 is 0. The number of nitro groups is 1. The molecule has 5 N–H and O–H groups in total. The van der Waals surface area contributed by atoms with Crippen molar-refractivity contribution in [3.8, 4) is 0 Å². The number of hydrogen-bond acceptors (Lipinski definition) is 8. The summed E-state index contributed by atoms with van der Waals surface area (Å²) in [5, 5.41) is 16.5. The van der Waals surface area contributed by atoms with Gasteiger partial charge in [0.2, 0.25) is 17.7 Å². The first-order valence-electron chi connectivity index (χ1n) is 6.49. The van der Waals surface area contributed by atoms with Crippen LogP contribution in [0.5, 0.6) is 0 Å². The number of nitrogens with zero attached hydrogens (tertiary/aromatic N) is 3. The molecule has 1 amide bonds. The molecule has 0 bridgehead atoms. The number of aromatic nitrogens is 2. The van der Waals surface area contributed by atoms with E-state index in [2.05, 4.69) is 26.0 Å². The van der Waals surface area contributed by atoms with Crippen LogP contribution in [0.15, 0.2) is 0 Å². The van der Waals surface area contributed by atoms with Crippen LogP contribution < -0.4 is 21.9 Å². The topological polar surface area (TPSA) is 148 Å². The standard InChI is InChI=1S/C11H19N7O3/c1-3-5-13-8(19)4-6-14-10-9(18(20)21)7(2)15-11(16-10)17-12/h3-6,12H2,1-2H3,(H,13,19)(H2,14,15,16,17). The maximum Gasteiger partial charge on any atom is 0.332 e. The Bertz CT molecular complexity index is 521. The second-order valence-electron chi connectivity index (χ2n) is 4.26. The SMILES string of the molecule is CCCNC(=O)CCNc1nc(NN)nc(C)c1[N+](=O)[O-]. The first-order chi connectivity index (χ1) is 9.99. The zero-order chi connectivity index (χ0) is 15.8. The Kier molecular flexibility index (Phi) is 6.27. The number of rotatable bonds is 8. The van der Waals surface area contributed by atoms with Gasteiger partial charge in [-0.15, -0.1) is 0 Å². The minimum atomic E-state index is -0.574. The number of hydrazine groups is 1. The second kappa shape index (κ2) is 7.94. The molecule has 21 heavy (non-hydrogen) atoms. The van der Waals surface area contributed by atoms with E-state index >= 15 is 0 Å². The molecule has 0 radical (unpaired) electrons. The molecule has 0 saturated heterocycles. The molecule has 116 valence electrons. The molecule has 10 heteroatoms. The molecule has 1 heterocycles. The molecule has 0 aliphatic heterocycles. The molecule has 0 spiro atoms. The Balaban J connectivity index is 2.75. The fraction of sp³-hybridized carbons (Fsp3) is 0.545. The van der Waals surface area contributed by atoms with Gasteiger partial charge in [-0.25, -0.2) is 10.8 Å². The van der Waals surface area contributed by atoms with Gasteiger partial charge in [0, 0.05) is 19.5 Å². The molecular weight excluding hydrogens is 278 g/mol. The Morgan fingerprint density at radius 2 is 2.10 bits per heavy atom. The predicted molar refractivity (Wildman–Crippen MR) is 77.6 cm³/mol. The molecule has 0 aliphatic carbocycles. The summed E-state index contributed by atoms with van der Waals surface area (Å²) in [4.78, 5) is 29.7. The number of aryl methyl sites for hydroxylation is 1. The highest BCUT2D eigenvalue weighted by molar-refractivity contribution is 5.76. The number of hydrogen-bond donors (Lipinski definition) is 4. The molecule has 10 nitrogen and oxygen atoms in total. The number of carbonyl (C=O) groups excluding carboxylic acids is 1. The maximum absolute atomic E-state index is 11.5. The van der Waals surface area contributed by atoms with E-state index in [9.17, 15) is 14.9 Å². The van der Waals surface area contributed by atoms with Crippen LogP contribution in [-0.4, -0.2) is 33.9 Å². The highest BCUT2D eigenvalue weighted by Gasteiger charge is 2.21. The summed E-state index contributed by atoms with van der Waals surface area (Å²) in [7, 11) is 0. The number of amides is 1. The molecular formula is C11H19N7O3. The second-order valence-corrected chi connectivity index (χ2v) is 4.26. The van der Waals surface area contributed by atoms with Gasteiger partial charge in [0.15, 0.2) is 0 Å². The molecule has 0 aliphatic rings. The lowest BCUT2D eigenvalue weighted by Crippen LogP contribution is -2.26. The predicted octanol–water partition coefficient (Wildman–Crippen LogP) is 0.307. The van der Waals surface area contributed by atoms with Crippen molar-refractivity contribution in [1.82, 2.24) is 15.3 Å². The first kappa shape index (κ1) is 16.6. The van der Waals surface area contributed by atoms with E-state index in [4.69, 9.17) is 5.84 Å². The van der Waals surface area contributed by atoms with E-state index in [1.54, 1.807) is 0 Å². The summed E-state index contributed by atoms with van der Waals surface area (Å²) in [6, 6.07) is 0. The fourth-order valence-electron chi connectivity index (χ4n) is 1.62. The van der Waals surface area contributed by atoms with Gasteiger partial charge in [0.25, 0.3) is 0 Å². The third-order valence-corrected chi connectivity index (χ3v) is 2.59. The van der Waals surface area contributed by atoms with E-state index in [1.807, 2.05) is 6.92 Å². The smallest absolute Gasteiger partial charge is 0.332 e. The summed E-state index contributed by atoms with van der Waals surface area (Å²) in [6.45, 7) is 4.26. The number of carbonyl (C=O) groups is 1. The maximum atomic E-state index is 11.5. The lowest BCUT2D eigenvalue weighted by atomic mass is 10.3. The number of nitrogens with one attached hydrogen (secondary N) is 3. The summed E-state index contributed by atoms with van der Waals surface area (Å²) in [6.07, 6.45) is 1.03. The van der Waals surface area contributed by atoms with Crippen molar-refractivity contribution in [2.45, 2.75) is 26.7 Å². The van der Waals surface area contributed by atoms with Gasteiger partial charge in [0.05, 0.1) is 4.92 Å². The van der Waals surface area contributed by atoms with Gasteiger partial charge in [-0.2, -0.15) is 4.98 Å². The molecule has 0 unspecified atom stereocenters. The average molecular weight is 297 g/mol. The van der Waals surface area contributed by atoms with Crippen molar-refractivity contribution in [2.75, 3.05) is 23.8 Å². The van der Waals surface area contributed by atoms with Crippen LogP contribution in [-0.2, 0) is 4.79 Å². The molecule has 1 aromatic rings. The van der Waals surface area contributed by atoms with Gasteiger partial charge in [-0.3, -0.25) is 20.3 Å². The van der Waals surface area contributed by atoms with Crippen molar-refractivity contribution >= 4 is 23.4 Å². The minimum absolute atomic E-state index is 0.0312. The van der Waals surface area contributed by atoms with Crippen molar-refractivity contribution < 1.29 is 9.72 Å². The monoisotopic (exact) mass is 297 g/mol. The van der Waals surface area contributed by atoms with Crippen molar-refractivity contribution in [1.29, 1.82) is 0 Å². The van der Waals surface area contributed by atoms with Crippen LogP contribution >= 0.6 is 0 Å². The van der Waals surface area contributed by atoms with Gasteiger partial charge < -0.3 is 10.6 Å². The summed E-state index contributed by atoms with van der Waals surface area (Å²) in [5.74, 6) is 5.18. The van der Waals surface area contributed by atoms with E-state index in [-0.39, 0.29) is 42.0 Å². The molecule has 0 fully saturated rings. The Morgan fingerprint density at radius 3 is 2.67 bits per heavy atom. The van der Waals surface area contributed by atoms with Crippen molar-refractivity contribution in [3.63, 3.8) is 0 Å². The van der Waals surface area contributed by atoms with E-state index in [0.717, 1.165) is 6.42 Å². The first-order valence-corrected chi connectivity index (χ1v) is 6.49. The number of nitrogens with two attached hydrogens (primary N) is 1. The van der Waals surface area contributed by atoms with Gasteiger partial charge >= 0.3 is 5.69 Å². The summed E-state index contributed by atoms with van der Waals surface area (Å²) in [5.41, 5.74) is 2.19. The number of anilines is 2. The molecule has 0 atom stereocenters. The third kappa shape index (κ3) is 4.84. The van der Waals surface area contributed by atoms with Crippen LogP contribution in [0.2, 0.25) is 0 Å². The quantitative estimate of drug-likeness (QED) is 0.304. The van der Waals surface area contributed by atoms with Crippen molar-refractivity contribution in [2.24, 2.45) is 5.84 Å². The fourth-order valence-corrected chi connectivity index (χ4v) is 1.62. The van der Waals surface area contributed by atoms with Gasteiger partial charge in [0.1, 0.15) is 5.69 Å². The summed E-state index contributed by atoms with van der Waals surface area (Å²) >= 11 is 0. The Hall–Kier alpha value is -2.49. The normalized spacial score (nSPS) is 10.0. The lowest BCUT2D eigenvalue weighted by molar-refractivity contribution is -0.385. The highest BCUT2D eigenvalue weighted by Crippen LogP contribution is 2.26. The molecule has 0 saturated carbocycles.